The fourth-order valence-corrected chi connectivity index (χ4v) is 9.12. The van der Waals surface area contributed by atoms with E-state index in [0.717, 1.165) is 36.4 Å². The molecule has 32 nitrogen and oxygen atoms in total. The minimum Gasteiger partial charge on any atom is -0.396 e. The molecule has 0 saturated carbocycles. The van der Waals surface area contributed by atoms with Crippen molar-refractivity contribution in [3.8, 4) is 0 Å². The number of carbonyl (C=O) groups excluding carboxylic acids is 3. The summed E-state index contributed by atoms with van der Waals surface area (Å²) in [4.78, 5) is 60.3. The van der Waals surface area contributed by atoms with Crippen LogP contribution in [0.4, 0.5) is 57.9 Å². The molecule has 0 spiro atoms. The van der Waals surface area contributed by atoms with Crippen molar-refractivity contribution in [3.63, 3.8) is 0 Å². The Hall–Kier alpha value is -7.68. The van der Waals surface area contributed by atoms with Gasteiger partial charge in [-0.15, -0.1) is 10.2 Å². The van der Waals surface area contributed by atoms with E-state index in [1.807, 2.05) is 0 Å². The van der Waals surface area contributed by atoms with E-state index in [1.165, 1.54) is 38.0 Å². The first-order valence-electron chi connectivity index (χ1n) is 19.7. The van der Waals surface area contributed by atoms with Gasteiger partial charge in [0, 0.05) is 39.6 Å². The number of rotatable bonds is 18. The second-order valence-corrected chi connectivity index (χ2v) is 21.0. The smallest absolute Gasteiger partial charge is 0.296 e. The molecule has 0 aliphatic heterocycles. The van der Waals surface area contributed by atoms with Crippen LogP contribution in [0.2, 0.25) is 10.6 Å². The van der Waals surface area contributed by atoms with Gasteiger partial charge in [-0.25, -0.2) is 0 Å². The average Bonchev–Trinajstić information content (AvgIpc) is 3.28. The number of nitrogen functional groups attached to an aromatic ring is 1. The van der Waals surface area contributed by atoms with Crippen LogP contribution in [0.3, 0.4) is 0 Å². The van der Waals surface area contributed by atoms with Crippen LogP contribution in [0, 0.1) is 0 Å². The third-order valence-corrected chi connectivity index (χ3v) is 13.5. The summed E-state index contributed by atoms with van der Waals surface area (Å²) in [6.45, 7) is -0.433. The molecule has 2 heterocycles. The van der Waals surface area contributed by atoms with Crippen LogP contribution in [-0.2, 0) is 50.1 Å². The number of Topliss-reactive ketones (excluding diaryl/α,β-unsaturated/α-hetero) is 1. The molecule has 5 aromatic rings. The number of anilines is 8. The Bertz CT molecular complexity index is 3740. The number of hydrogen-bond acceptors (Lipinski definition) is 26. The van der Waals surface area contributed by atoms with Crippen molar-refractivity contribution in [2.75, 3.05) is 72.9 Å². The normalized spacial score (nSPS) is 13.5. The maximum atomic E-state index is 14.3. The summed E-state index contributed by atoms with van der Waals surface area (Å²) in [6.07, 6.45) is 0.490. The predicted molar refractivity (Wildman–Crippen MR) is 263 cm³/mol. The van der Waals surface area contributed by atoms with Gasteiger partial charge in [0.25, 0.3) is 40.5 Å². The number of fused-ring (bicyclic) bond motifs is 1. The molecule has 0 saturated heterocycles. The molecule has 2 amide bonds. The monoisotopic (exact) mass is 1140 g/mol. The molecular weight excluding hydrogens is 1110 g/mol. The van der Waals surface area contributed by atoms with Gasteiger partial charge in [-0.3, -0.25) is 38.0 Å². The number of likely N-dealkylation sites (N-methyl/N-ethyl adjacent to an activating group) is 4. The standard InChI is InChI=1S/C36H35Cl2N17O15S4/c1-40-24(56)13-54(3)35-46-31(37)44-33(48-35)42-16-5-7-20(71(59,60)61)18(11-16)50-52-28-22(73(65,66)67)9-15-10-23(74(68,69)70)29(30(58)26(15)27(28)39)53-51-19-12-17(6-8-21(19)72(62,63)64)43-34-45-32(38)47-36(49-34)55(4)14-25(57)41-2/h5-12,51H,13-14,39H2,1-4H3,(H,40,56)(H,41,57)(H,59,60,61)(H,62,63,64)(H,65,66,67)(H,68,69,70)(H,42,44,46,48)(H,43,45,47,49)/b52-50?,53-29+. The third kappa shape index (κ3) is 13.1. The lowest BCUT2D eigenvalue weighted by Crippen LogP contribution is -2.34. The number of hydrazone groups is 1. The minimum absolute atomic E-state index is 0.0878. The quantitative estimate of drug-likeness (QED) is 0.0259. The lowest BCUT2D eigenvalue weighted by molar-refractivity contribution is -0.120. The number of hydrogen-bond donors (Lipinski definition) is 10. The molecule has 1 aliphatic carbocycles. The van der Waals surface area contributed by atoms with Crippen LogP contribution < -0.4 is 42.2 Å². The molecule has 3 aromatic carbocycles. The first-order valence-corrected chi connectivity index (χ1v) is 26.3. The second kappa shape index (κ2) is 21.4. The molecular formula is C36H35Cl2N17O15S4. The van der Waals surface area contributed by atoms with Crippen molar-refractivity contribution in [1.82, 2.24) is 40.5 Å². The fraction of sp³-hybridized carbons (Fsp3) is 0.167. The van der Waals surface area contributed by atoms with Crippen LogP contribution in [0.1, 0.15) is 15.9 Å². The van der Waals surface area contributed by atoms with Gasteiger partial charge in [-0.05, 0) is 77.3 Å². The number of azo groups is 1. The van der Waals surface area contributed by atoms with Gasteiger partial charge < -0.3 is 36.8 Å². The number of ketones is 1. The van der Waals surface area contributed by atoms with Gasteiger partial charge in [0.05, 0.1) is 30.0 Å². The van der Waals surface area contributed by atoms with Crippen molar-refractivity contribution >= 4 is 151 Å². The molecule has 38 heteroatoms. The van der Waals surface area contributed by atoms with E-state index in [0.29, 0.717) is 12.1 Å². The van der Waals surface area contributed by atoms with Gasteiger partial charge >= 0.3 is 0 Å². The van der Waals surface area contributed by atoms with E-state index in [9.17, 15) is 66.3 Å². The van der Waals surface area contributed by atoms with Crippen LogP contribution in [0.25, 0.3) is 6.08 Å². The number of benzene rings is 3. The Kier molecular flexibility index (Phi) is 16.1. The van der Waals surface area contributed by atoms with E-state index in [-0.39, 0.29) is 58.8 Å². The summed E-state index contributed by atoms with van der Waals surface area (Å²) in [5.74, 6) is -3.13. The fourth-order valence-electron chi connectivity index (χ4n) is 6.25. The number of nitrogens with two attached hydrogens (primary N) is 1. The molecule has 2 aromatic heterocycles. The molecule has 0 unspecified atom stereocenters. The van der Waals surface area contributed by atoms with E-state index in [2.05, 4.69) is 71.9 Å². The summed E-state index contributed by atoms with van der Waals surface area (Å²) in [7, 11) is -15.7. The van der Waals surface area contributed by atoms with Crippen molar-refractivity contribution in [2.24, 2.45) is 15.3 Å². The van der Waals surface area contributed by atoms with Crippen LogP contribution in [0.15, 0.2) is 77.4 Å². The zero-order valence-electron chi connectivity index (χ0n) is 37.7. The predicted octanol–water partition coefficient (Wildman–Crippen LogP) is 1.85. The summed E-state index contributed by atoms with van der Waals surface area (Å²) < 4.78 is 142. The number of halogens is 2. The maximum absolute atomic E-state index is 14.3. The zero-order valence-corrected chi connectivity index (χ0v) is 42.5. The molecule has 1 aliphatic rings. The Labute approximate surface area is 427 Å². The summed E-state index contributed by atoms with van der Waals surface area (Å²) in [5.41, 5.74) is 1.91. The number of allylic oxidation sites excluding steroid dienone is 1. The number of nitrogens with one attached hydrogen (secondary N) is 5. The van der Waals surface area contributed by atoms with E-state index in [4.69, 9.17) is 28.9 Å². The molecule has 0 atom stereocenters. The molecule has 0 radical (unpaired) electrons. The van der Waals surface area contributed by atoms with Gasteiger partial charge in [0.1, 0.15) is 31.0 Å². The largest absolute Gasteiger partial charge is 0.396 e. The average molecular weight is 1140 g/mol. The summed E-state index contributed by atoms with van der Waals surface area (Å²) in [6, 6.07) is 6.14. The molecule has 6 rings (SSSR count). The Morgan fingerprint density at radius 3 is 1.62 bits per heavy atom. The van der Waals surface area contributed by atoms with Crippen LogP contribution >= 0.6 is 23.2 Å². The number of amides is 2. The molecule has 11 N–H and O–H groups in total. The molecule has 392 valence electrons. The number of carbonyl (C=O) groups is 3. The first-order chi connectivity index (χ1) is 34.4. The number of aromatic nitrogens is 6. The zero-order chi connectivity index (χ0) is 54.8. The van der Waals surface area contributed by atoms with Crippen LogP contribution in [-0.4, -0.2) is 146 Å². The Morgan fingerprint density at radius 1 is 0.662 bits per heavy atom. The van der Waals surface area contributed by atoms with Gasteiger partial charge in [0.2, 0.25) is 52.0 Å². The highest BCUT2D eigenvalue weighted by Gasteiger charge is 2.37. The Balaban J connectivity index is 1.43. The molecule has 0 fully saturated rings. The topological polar surface area (TPSA) is 476 Å². The van der Waals surface area contributed by atoms with E-state index < -0.39 is 117 Å². The first kappa shape index (κ1) is 55.6. The number of nitrogens with zero attached hydrogens (tertiary/aromatic N) is 11. The lowest BCUT2D eigenvalue weighted by Gasteiger charge is -2.20. The highest BCUT2D eigenvalue weighted by molar-refractivity contribution is 7.91. The van der Waals surface area contributed by atoms with Crippen molar-refractivity contribution in [1.29, 1.82) is 0 Å². The van der Waals surface area contributed by atoms with Crippen LogP contribution in [0.5, 0.6) is 0 Å². The van der Waals surface area contributed by atoms with Crippen molar-refractivity contribution in [2.45, 2.75) is 14.7 Å². The highest BCUT2D eigenvalue weighted by atomic mass is 35.5. The third-order valence-electron chi connectivity index (χ3n) is 9.60. The highest BCUT2D eigenvalue weighted by Crippen LogP contribution is 2.42. The van der Waals surface area contributed by atoms with Crippen molar-refractivity contribution < 1.29 is 66.3 Å². The van der Waals surface area contributed by atoms with E-state index in [1.54, 1.807) is 0 Å². The van der Waals surface area contributed by atoms with Crippen molar-refractivity contribution in [3.05, 3.63) is 69.1 Å². The van der Waals surface area contributed by atoms with Gasteiger partial charge in [-0.2, -0.15) is 68.7 Å². The minimum atomic E-state index is -5.54. The summed E-state index contributed by atoms with van der Waals surface area (Å²) >= 11 is 12.1. The molecule has 74 heavy (non-hydrogen) atoms. The SMILES string of the molecule is CNC(=O)CN(C)c1nc(Cl)nc(Nc2ccc(S(=O)(=O)O)c(N=Nc3c(S(=O)(=O)O)cc4c(c3N)C(=O)/C(=N/Nc3cc(Nc5nc(Cl)nc(N(C)CC(=O)NC)n5)ccc3S(=O)(=O)O)C(S(=O)(=O)O)=C4)c2)n1. The Morgan fingerprint density at radius 2 is 1.15 bits per heavy atom. The van der Waals surface area contributed by atoms with Gasteiger partial charge in [-0.1, -0.05) is 0 Å². The second-order valence-electron chi connectivity index (χ2n) is 14.8. The van der Waals surface area contributed by atoms with E-state index >= 15 is 0 Å². The summed E-state index contributed by atoms with van der Waals surface area (Å²) in [5, 5.41) is 20.6. The van der Waals surface area contributed by atoms with Gasteiger partial charge in [0.15, 0.2) is 5.71 Å². The molecule has 0 bridgehead atoms. The lowest BCUT2D eigenvalue weighted by atomic mass is 9.92. The maximum Gasteiger partial charge on any atom is 0.296 e.